The van der Waals surface area contributed by atoms with Crippen LogP contribution in [0.25, 0.3) is 10.9 Å². The van der Waals surface area contributed by atoms with Crippen LogP contribution in [-0.2, 0) is 4.74 Å². The first-order valence-electron chi connectivity index (χ1n) is 5.04. The van der Waals surface area contributed by atoms with Crippen LogP contribution in [0, 0.1) is 0 Å². The fraction of sp³-hybridized carbons (Fsp3) is 0.250. The zero-order valence-electron chi connectivity index (χ0n) is 9.87. The number of methoxy groups -OCH3 is 3. The number of ether oxygens (including phenoxy) is 3. The number of carbonyl (C=O) groups excluding carboxylic acids is 1. The Balaban J connectivity index is 2.76. The molecule has 0 unspecified atom stereocenters. The highest BCUT2D eigenvalue weighted by atomic mass is 16.5. The highest BCUT2D eigenvalue weighted by Gasteiger charge is 2.21. The standard InChI is InChI=1S/C12H13NO4/c1-15-8-6-4-5-7-9(8)11(16-2)10(13-7)12(14)17-3/h4-6,13H,1-3H3. The van der Waals surface area contributed by atoms with Crippen LogP contribution in [0.3, 0.4) is 0 Å². The fourth-order valence-electron chi connectivity index (χ4n) is 1.81. The first-order valence-corrected chi connectivity index (χ1v) is 5.04. The number of aromatic nitrogens is 1. The van der Waals surface area contributed by atoms with E-state index in [0.29, 0.717) is 11.5 Å². The number of fused-ring (bicyclic) bond motifs is 1. The number of esters is 1. The predicted octanol–water partition coefficient (Wildman–Crippen LogP) is 1.97. The van der Waals surface area contributed by atoms with E-state index in [1.165, 1.54) is 14.2 Å². The maximum atomic E-state index is 11.6. The molecule has 5 nitrogen and oxygen atoms in total. The van der Waals surface area contributed by atoms with Gasteiger partial charge >= 0.3 is 5.97 Å². The summed E-state index contributed by atoms with van der Waals surface area (Å²) >= 11 is 0. The van der Waals surface area contributed by atoms with Gasteiger partial charge in [-0.05, 0) is 12.1 Å². The molecule has 1 N–H and O–H groups in total. The average Bonchev–Trinajstić information content (AvgIpc) is 2.75. The number of H-pyrrole nitrogens is 1. The van der Waals surface area contributed by atoms with Gasteiger partial charge in [-0.2, -0.15) is 0 Å². The molecule has 0 aliphatic rings. The number of nitrogens with one attached hydrogen (secondary N) is 1. The molecule has 0 radical (unpaired) electrons. The SMILES string of the molecule is COC(=O)c1[nH]c2cccc(OC)c2c1OC. The minimum Gasteiger partial charge on any atom is -0.496 e. The van der Waals surface area contributed by atoms with Gasteiger partial charge in [0.1, 0.15) is 5.75 Å². The number of hydrogen-bond donors (Lipinski definition) is 1. The van der Waals surface area contributed by atoms with E-state index >= 15 is 0 Å². The summed E-state index contributed by atoms with van der Waals surface area (Å²) in [7, 11) is 4.39. The zero-order valence-corrected chi connectivity index (χ0v) is 9.87. The van der Waals surface area contributed by atoms with Crippen LogP contribution in [0.4, 0.5) is 0 Å². The summed E-state index contributed by atoms with van der Waals surface area (Å²) in [6.45, 7) is 0. The van der Waals surface area contributed by atoms with Crippen molar-refractivity contribution in [2.75, 3.05) is 21.3 Å². The van der Waals surface area contributed by atoms with Crippen LogP contribution >= 0.6 is 0 Å². The third-order valence-electron chi connectivity index (χ3n) is 2.55. The summed E-state index contributed by atoms with van der Waals surface area (Å²) in [5.41, 5.74) is 1.05. The van der Waals surface area contributed by atoms with Crippen molar-refractivity contribution in [3.63, 3.8) is 0 Å². The van der Waals surface area contributed by atoms with E-state index in [1.54, 1.807) is 13.2 Å². The molecular weight excluding hydrogens is 222 g/mol. The lowest BCUT2D eigenvalue weighted by Gasteiger charge is -2.04. The Morgan fingerprint density at radius 2 is 1.94 bits per heavy atom. The van der Waals surface area contributed by atoms with Gasteiger partial charge in [0.25, 0.3) is 0 Å². The molecule has 0 aliphatic carbocycles. The molecule has 0 atom stereocenters. The molecule has 0 aliphatic heterocycles. The van der Waals surface area contributed by atoms with Gasteiger partial charge < -0.3 is 19.2 Å². The number of hydrogen-bond acceptors (Lipinski definition) is 4. The summed E-state index contributed by atoms with van der Waals surface area (Å²) in [5, 5.41) is 0.734. The molecule has 0 saturated carbocycles. The Hall–Kier alpha value is -2.17. The van der Waals surface area contributed by atoms with E-state index in [0.717, 1.165) is 10.9 Å². The smallest absolute Gasteiger partial charge is 0.358 e. The van der Waals surface area contributed by atoms with E-state index in [-0.39, 0.29) is 5.69 Å². The predicted molar refractivity (Wildman–Crippen MR) is 62.7 cm³/mol. The van der Waals surface area contributed by atoms with Gasteiger partial charge in [-0.25, -0.2) is 4.79 Å². The van der Waals surface area contributed by atoms with E-state index in [1.807, 2.05) is 12.1 Å². The minimum absolute atomic E-state index is 0.287. The van der Waals surface area contributed by atoms with Crippen LogP contribution < -0.4 is 9.47 Å². The second-order valence-electron chi connectivity index (χ2n) is 3.41. The molecule has 5 heteroatoms. The summed E-state index contributed by atoms with van der Waals surface area (Å²) < 4.78 is 15.2. The van der Waals surface area contributed by atoms with E-state index in [9.17, 15) is 4.79 Å². The van der Waals surface area contributed by atoms with Gasteiger partial charge in [0.2, 0.25) is 0 Å². The monoisotopic (exact) mass is 235 g/mol. The van der Waals surface area contributed by atoms with Crippen molar-refractivity contribution in [3.05, 3.63) is 23.9 Å². The molecule has 1 aromatic carbocycles. The number of rotatable bonds is 3. The Morgan fingerprint density at radius 3 is 2.53 bits per heavy atom. The largest absolute Gasteiger partial charge is 0.496 e. The molecular formula is C12H13NO4. The first kappa shape index (κ1) is 11.3. The summed E-state index contributed by atoms with van der Waals surface area (Å²) in [6.07, 6.45) is 0. The summed E-state index contributed by atoms with van der Waals surface area (Å²) in [5.74, 6) is 0.607. The Morgan fingerprint density at radius 1 is 1.18 bits per heavy atom. The van der Waals surface area contributed by atoms with Gasteiger partial charge in [0.15, 0.2) is 11.4 Å². The van der Waals surface area contributed by atoms with Gasteiger partial charge in [0.05, 0.1) is 32.2 Å². The molecule has 2 aromatic rings. The van der Waals surface area contributed by atoms with Crippen molar-refractivity contribution in [1.82, 2.24) is 4.98 Å². The van der Waals surface area contributed by atoms with Gasteiger partial charge in [-0.3, -0.25) is 0 Å². The highest BCUT2D eigenvalue weighted by molar-refractivity contribution is 6.03. The normalized spacial score (nSPS) is 10.3. The van der Waals surface area contributed by atoms with Gasteiger partial charge in [0, 0.05) is 0 Å². The second-order valence-corrected chi connectivity index (χ2v) is 3.41. The van der Waals surface area contributed by atoms with Crippen molar-refractivity contribution in [2.45, 2.75) is 0 Å². The number of aromatic amines is 1. The minimum atomic E-state index is -0.472. The van der Waals surface area contributed by atoms with Gasteiger partial charge in [-0.1, -0.05) is 6.07 Å². The molecule has 0 fully saturated rings. The zero-order chi connectivity index (χ0) is 12.4. The van der Waals surface area contributed by atoms with Crippen molar-refractivity contribution < 1.29 is 19.0 Å². The summed E-state index contributed by atoms with van der Waals surface area (Å²) in [6, 6.07) is 5.48. The molecule has 1 aromatic heterocycles. The third kappa shape index (κ3) is 1.69. The maximum absolute atomic E-state index is 11.6. The van der Waals surface area contributed by atoms with E-state index in [2.05, 4.69) is 4.98 Å². The lowest BCUT2D eigenvalue weighted by molar-refractivity contribution is 0.0591. The third-order valence-corrected chi connectivity index (χ3v) is 2.55. The molecule has 90 valence electrons. The van der Waals surface area contributed by atoms with Gasteiger partial charge in [-0.15, -0.1) is 0 Å². The topological polar surface area (TPSA) is 60.6 Å². The van der Waals surface area contributed by atoms with Crippen LogP contribution in [0.1, 0.15) is 10.5 Å². The Bertz CT molecular complexity index is 559. The molecule has 2 rings (SSSR count). The lowest BCUT2D eigenvalue weighted by Crippen LogP contribution is -2.03. The second kappa shape index (κ2) is 4.37. The van der Waals surface area contributed by atoms with E-state index in [4.69, 9.17) is 14.2 Å². The Labute approximate surface area is 98.3 Å². The van der Waals surface area contributed by atoms with Crippen molar-refractivity contribution in [2.24, 2.45) is 0 Å². The van der Waals surface area contributed by atoms with E-state index < -0.39 is 5.97 Å². The van der Waals surface area contributed by atoms with Crippen LogP contribution in [0.15, 0.2) is 18.2 Å². The Kier molecular flexibility index (Phi) is 2.91. The van der Waals surface area contributed by atoms with Crippen molar-refractivity contribution in [1.29, 1.82) is 0 Å². The number of carbonyl (C=O) groups is 1. The number of benzene rings is 1. The first-order chi connectivity index (χ1) is 8.22. The molecule has 0 saturated heterocycles. The fourth-order valence-corrected chi connectivity index (χ4v) is 1.81. The molecule has 17 heavy (non-hydrogen) atoms. The molecule has 0 amide bonds. The molecule has 0 bridgehead atoms. The maximum Gasteiger partial charge on any atom is 0.358 e. The molecule has 0 spiro atoms. The lowest BCUT2D eigenvalue weighted by atomic mass is 10.2. The van der Waals surface area contributed by atoms with Crippen molar-refractivity contribution in [3.8, 4) is 11.5 Å². The van der Waals surface area contributed by atoms with Crippen LogP contribution in [-0.4, -0.2) is 32.3 Å². The highest BCUT2D eigenvalue weighted by Crippen LogP contribution is 2.36. The molecule has 1 heterocycles. The van der Waals surface area contributed by atoms with Crippen LogP contribution in [0.5, 0.6) is 11.5 Å². The van der Waals surface area contributed by atoms with Crippen LogP contribution in [0.2, 0.25) is 0 Å². The average molecular weight is 235 g/mol. The quantitative estimate of drug-likeness (QED) is 0.826. The van der Waals surface area contributed by atoms with Crippen molar-refractivity contribution >= 4 is 16.9 Å². The summed E-state index contributed by atoms with van der Waals surface area (Å²) in [4.78, 5) is 14.5.